The first kappa shape index (κ1) is 15.7. The standard InChI is InChI=1S/C18H16N4O2/c1-13-7-8-22-17(21-13)16(11-20-22)18(23)24-12-15(10-19)9-14-5-3-2-4-6-14/h2-8,11,15H,9,12H2,1H3/t15-/m1/s1. The number of esters is 1. The average molecular weight is 320 g/mol. The van der Waals surface area contributed by atoms with Crippen LogP contribution in [0.1, 0.15) is 21.6 Å². The Morgan fingerprint density at radius 1 is 1.33 bits per heavy atom. The smallest absolute Gasteiger partial charge is 0.343 e. The average Bonchev–Trinajstić information content (AvgIpc) is 3.02. The molecule has 0 amide bonds. The molecule has 0 radical (unpaired) electrons. The summed E-state index contributed by atoms with van der Waals surface area (Å²) in [6.45, 7) is 1.88. The third-order valence-corrected chi connectivity index (χ3v) is 3.65. The topological polar surface area (TPSA) is 80.3 Å². The van der Waals surface area contributed by atoms with Gasteiger partial charge < -0.3 is 4.74 Å². The van der Waals surface area contributed by atoms with Gasteiger partial charge in [-0.25, -0.2) is 14.3 Å². The summed E-state index contributed by atoms with van der Waals surface area (Å²) in [4.78, 5) is 16.6. The lowest BCUT2D eigenvalue weighted by atomic mass is 10.0. The molecule has 0 N–H and O–H groups in total. The number of ether oxygens (including phenoxy) is 1. The van der Waals surface area contributed by atoms with Crippen LogP contribution >= 0.6 is 0 Å². The minimum absolute atomic E-state index is 0.0351. The Morgan fingerprint density at radius 2 is 2.12 bits per heavy atom. The van der Waals surface area contributed by atoms with Crippen LogP contribution in [0.4, 0.5) is 0 Å². The Bertz CT molecular complexity index is 896. The van der Waals surface area contributed by atoms with Crippen molar-refractivity contribution in [3.05, 3.63) is 65.6 Å². The molecule has 1 atom stereocenters. The zero-order chi connectivity index (χ0) is 16.9. The molecule has 0 unspecified atom stereocenters. The van der Waals surface area contributed by atoms with E-state index in [4.69, 9.17) is 4.74 Å². The molecule has 0 aliphatic carbocycles. The van der Waals surface area contributed by atoms with Crippen LogP contribution < -0.4 is 0 Å². The van der Waals surface area contributed by atoms with Crippen LogP contribution in [-0.4, -0.2) is 27.2 Å². The van der Waals surface area contributed by atoms with E-state index < -0.39 is 11.9 Å². The van der Waals surface area contributed by atoms with Crippen molar-refractivity contribution in [2.75, 3.05) is 6.61 Å². The number of hydrogen-bond acceptors (Lipinski definition) is 5. The van der Waals surface area contributed by atoms with Crippen LogP contribution in [0.3, 0.4) is 0 Å². The normalized spacial score (nSPS) is 11.8. The van der Waals surface area contributed by atoms with Gasteiger partial charge in [0.15, 0.2) is 5.65 Å². The van der Waals surface area contributed by atoms with Crippen LogP contribution in [0.15, 0.2) is 48.8 Å². The van der Waals surface area contributed by atoms with Gasteiger partial charge in [-0.3, -0.25) is 0 Å². The molecular formula is C18H16N4O2. The molecule has 0 saturated heterocycles. The van der Waals surface area contributed by atoms with E-state index >= 15 is 0 Å². The number of carbonyl (C=O) groups is 1. The summed E-state index contributed by atoms with van der Waals surface area (Å²) in [6.07, 6.45) is 3.71. The van der Waals surface area contributed by atoms with Gasteiger partial charge >= 0.3 is 5.97 Å². The zero-order valence-corrected chi connectivity index (χ0v) is 13.2. The van der Waals surface area contributed by atoms with Gasteiger partial charge in [-0.05, 0) is 25.0 Å². The number of benzene rings is 1. The molecule has 1 aromatic carbocycles. The van der Waals surface area contributed by atoms with Crippen molar-refractivity contribution in [1.82, 2.24) is 14.6 Å². The number of rotatable bonds is 5. The van der Waals surface area contributed by atoms with Crippen molar-refractivity contribution in [1.29, 1.82) is 5.26 Å². The molecule has 0 spiro atoms. The van der Waals surface area contributed by atoms with Crippen LogP contribution in [0, 0.1) is 24.2 Å². The number of aromatic nitrogens is 3. The highest BCUT2D eigenvalue weighted by Gasteiger charge is 2.18. The highest BCUT2D eigenvalue weighted by atomic mass is 16.5. The number of nitriles is 1. The summed E-state index contributed by atoms with van der Waals surface area (Å²) >= 11 is 0. The molecule has 0 aliphatic rings. The molecule has 3 rings (SSSR count). The summed E-state index contributed by atoms with van der Waals surface area (Å²) < 4.78 is 6.83. The van der Waals surface area contributed by atoms with E-state index in [1.54, 1.807) is 12.3 Å². The molecular weight excluding hydrogens is 304 g/mol. The fourth-order valence-electron chi connectivity index (χ4n) is 2.40. The summed E-state index contributed by atoms with van der Waals surface area (Å²) in [5.41, 5.74) is 2.58. The highest BCUT2D eigenvalue weighted by Crippen LogP contribution is 2.13. The molecule has 6 nitrogen and oxygen atoms in total. The van der Waals surface area contributed by atoms with Gasteiger partial charge in [-0.2, -0.15) is 10.4 Å². The molecule has 24 heavy (non-hydrogen) atoms. The summed E-state index contributed by atoms with van der Waals surface area (Å²) in [5, 5.41) is 13.4. The second-order valence-corrected chi connectivity index (χ2v) is 5.51. The lowest BCUT2D eigenvalue weighted by molar-refractivity contribution is 0.0470. The van der Waals surface area contributed by atoms with Crippen LogP contribution in [-0.2, 0) is 11.2 Å². The number of aryl methyl sites for hydroxylation is 1. The Hall–Kier alpha value is -3.20. The van der Waals surface area contributed by atoms with Gasteiger partial charge in [0.25, 0.3) is 0 Å². The Labute approximate surface area is 139 Å². The first-order valence-electron chi connectivity index (χ1n) is 7.59. The minimum atomic E-state index is -0.517. The predicted octanol–water partition coefficient (Wildman–Crippen LogP) is 2.58. The predicted molar refractivity (Wildman–Crippen MR) is 87.3 cm³/mol. The van der Waals surface area contributed by atoms with E-state index in [0.29, 0.717) is 17.6 Å². The van der Waals surface area contributed by atoms with Gasteiger partial charge in [0.1, 0.15) is 12.2 Å². The molecule has 6 heteroatoms. The number of nitrogens with zero attached hydrogens (tertiary/aromatic N) is 4. The maximum absolute atomic E-state index is 12.3. The van der Waals surface area contributed by atoms with Crippen LogP contribution in [0.25, 0.3) is 5.65 Å². The SMILES string of the molecule is Cc1ccn2ncc(C(=O)OC[C@@H](C#N)Cc3ccccc3)c2n1. The summed E-state index contributed by atoms with van der Waals surface area (Å²) in [7, 11) is 0. The zero-order valence-electron chi connectivity index (χ0n) is 13.2. The molecule has 120 valence electrons. The first-order valence-corrected chi connectivity index (χ1v) is 7.59. The van der Waals surface area contributed by atoms with Crippen LogP contribution in [0.5, 0.6) is 0 Å². The van der Waals surface area contributed by atoms with Gasteiger partial charge in [0.05, 0.1) is 18.2 Å². The number of carbonyl (C=O) groups excluding carboxylic acids is 1. The third-order valence-electron chi connectivity index (χ3n) is 3.65. The lowest BCUT2D eigenvalue weighted by Gasteiger charge is -2.09. The highest BCUT2D eigenvalue weighted by molar-refractivity contribution is 5.95. The molecule has 3 aromatic rings. The second kappa shape index (κ2) is 6.92. The van der Waals surface area contributed by atoms with E-state index in [9.17, 15) is 10.1 Å². The summed E-state index contributed by atoms with van der Waals surface area (Å²) in [5.74, 6) is -0.913. The molecule has 0 aliphatic heterocycles. The minimum Gasteiger partial charge on any atom is -0.461 e. The Morgan fingerprint density at radius 3 is 2.88 bits per heavy atom. The van der Waals surface area contributed by atoms with Crippen molar-refractivity contribution in [2.24, 2.45) is 5.92 Å². The monoisotopic (exact) mass is 320 g/mol. The van der Waals surface area contributed by atoms with Gasteiger partial charge in [-0.1, -0.05) is 30.3 Å². The van der Waals surface area contributed by atoms with Crippen LogP contribution in [0.2, 0.25) is 0 Å². The van der Waals surface area contributed by atoms with E-state index in [0.717, 1.165) is 11.3 Å². The van der Waals surface area contributed by atoms with Crippen molar-refractivity contribution in [2.45, 2.75) is 13.3 Å². The van der Waals surface area contributed by atoms with Gasteiger partial charge in [0, 0.05) is 11.9 Å². The maximum Gasteiger partial charge on any atom is 0.343 e. The number of hydrogen-bond donors (Lipinski definition) is 0. The van der Waals surface area contributed by atoms with E-state index in [1.807, 2.05) is 37.3 Å². The largest absolute Gasteiger partial charge is 0.461 e. The number of fused-ring (bicyclic) bond motifs is 1. The van der Waals surface area contributed by atoms with Gasteiger partial charge in [-0.15, -0.1) is 0 Å². The van der Waals surface area contributed by atoms with Crippen molar-refractivity contribution < 1.29 is 9.53 Å². The molecule has 2 aromatic heterocycles. The molecule has 0 saturated carbocycles. The Kier molecular flexibility index (Phi) is 4.52. The fraction of sp³-hybridized carbons (Fsp3) is 0.222. The summed E-state index contributed by atoms with van der Waals surface area (Å²) in [6, 6.07) is 13.6. The molecule has 0 bridgehead atoms. The van der Waals surface area contributed by atoms with Crippen molar-refractivity contribution in [3.63, 3.8) is 0 Å². The fourth-order valence-corrected chi connectivity index (χ4v) is 2.40. The van der Waals surface area contributed by atoms with E-state index in [-0.39, 0.29) is 6.61 Å². The lowest BCUT2D eigenvalue weighted by Crippen LogP contribution is -2.15. The van der Waals surface area contributed by atoms with E-state index in [2.05, 4.69) is 16.2 Å². The molecule has 0 fully saturated rings. The van der Waals surface area contributed by atoms with Crippen molar-refractivity contribution >= 4 is 11.6 Å². The Balaban J connectivity index is 1.67. The second-order valence-electron chi connectivity index (χ2n) is 5.51. The quantitative estimate of drug-likeness (QED) is 0.675. The van der Waals surface area contributed by atoms with Crippen molar-refractivity contribution in [3.8, 4) is 6.07 Å². The van der Waals surface area contributed by atoms with E-state index in [1.165, 1.54) is 10.7 Å². The molecule has 2 heterocycles. The van der Waals surface area contributed by atoms with Gasteiger partial charge in [0.2, 0.25) is 0 Å². The third kappa shape index (κ3) is 3.41. The maximum atomic E-state index is 12.3. The first-order chi connectivity index (χ1) is 11.7.